The van der Waals surface area contributed by atoms with Gasteiger partial charge in [0, 0.05) is 6.04 Å². The predicted octanol–water partition coefficient (Wildman–Crippen LogP) is 4.64. The summed E-state index contributed by atoms with van der Waals surface area (Å²) in [6.45, 7) is 2.06. The van der Waals surface area contributed by atoms with Gasteiger partial charge in [-0.2, -0.15) is 0 Å². The van der Waals surface area contributed by atoms with Gasteiger partial charge in [-0.25, -0.2) is 0 Å². The Labute approximate surface area is 164 Å². The van der Waals surface area contributed by atoms with Crippen molar-refractivity contribution < 1.29 is 14.6 Å². The minimum absolute atomic E-state index is 0.0811. The Bertz CT molecular complexity index is 739. The summed E-state index contributed by atoms with van der Waals surface area (Å²) in [7, 11) is 3.22. The Morgan fingerprint density at radius 2 is 1.69 bits per heavy atom. The number of aliphatic hydroxyl groups is 1. The van der Waals surface area contributed by atoms with Gasteiger partial charge in [-0.3, -0.25) is 0 Å². The average Bonchev–Trinajstić information content (AvgIpc) is 2.66. The lowest BCUT2D eigenvalue weighted by Crippen LogP contribution is -2.37. The first-order valence-electron chi connectivity index (χ1n) is 8.50. The number of nitrogens with two attached hydrogens (primary N) is 1. The second kappa shape index (κ2) is 9.47. The summed E-state index contributed by atoms with van der Waals surface area (Å²) in [5.74, 6) is 1.44. The Morgan fingerprint density at radius 3 is 2.27 bits per heavy atom. The van der Waals surface area contributed by atoms with E-state index in [0.717, 1.165) is 18.4 Å². The molecule has 0 radical (unpaired) electrons. The van der Waals surface area contributed by atoms with Crippen LogP contribution in [0.15, 0.2) is 36.4 Å². The molecule has 0 spiro atoms. The van der Waals surface area contributed by atoms with Gasteiger partial charge in [-0.05, 0) is 47.7 Å². The number of ether oxygens (including phenoxy) is 2. The smallest absolute Gasteiger partial charge is 0.160 e. The van der Waals surface area contributed by atoms with Crippen LogP contribution in [0, 0.1) is 5.92 Å². The lowest BCUT2D eigenvalue weighted by molar-refractivity contribution is 0.115. The minimum Gasteiger partial charge on any atom is -0.493 e. The number of hydrogen-bond donors (Lipinski definition) is 2. The molecule has 2 aromatic rings. The first-order valence-corrected chi connectivity index (χ1v) is 9.26. The molecule has 0 amide bonds. The molecule has 0 aliphatic rings. The third-order valence-electron chi connectivity index (χ3n) is 4.66. The SMILES string of the molecule is CCC(Cc1ccc(OC)c(OC)c1)[C@@H](N)[C@H](O)c1ccc(Cl)c(Cl)c1. The fourth-order valence-electron chi connectivity index (χ4n) is 3.04. The molecule has 0 aliphatic carbocycles. The van der Waals surface area contributed by atoms with Crippen molar-refractivity contribution in [3.63, 3.8) is 0 Å². The normalized spacial score (nSPS) is 14.6. The van der Waals surface area contributed by atoms with E-state index in [1.54, 1.807) is 32.4 Å². The highest BCUT2D eigenvalue weighted by Crippen LogP contribution is 2.32. The summed E-state index contributed by atoms with van der Waals surface area (Å²) in [6, 6.07) is 10.5. The summed E-state index contributed by atoms with van der Waals surface area (Å²) in [4.78, 5) is 0. The van der Waals surface area contributed by atoms with Crippen molar-refractivity contribution in [3.8, 4) is 11.5 Å². The molecule has 1 unspecified atom stereocenters. The summed E-state index contributed by atoms with van der Waals surface area (Å²) >= 11 is 12.0. The maximum Gasteiger partial charge on any atom is 0.160 e. The molecule has 3 N–H and O–H groups in total. The standard InChI is InChI=1S/C20H25Cl2NO3/c1-4-13(9-12-5-8-17(25-2)18(10-12)26-3)19(23)20(24)14-6-7-15(21)16(22)11-14/h5-8,10-11,13,19-20,24H,4,9,23H2,1-3H3/t13?,19-,20-/m1/s1. The predicted molar refractivity (Wildman–Crippen MR) is 106 cm³/mol. The van der Waals surface area contributed by atoms with Crippen molar-refractivity contribution >= 4 is 23.2 Å². The second-order valence-electron chi connectivity index (χ2n) is 6.26. The molecule has 2 aromatic carbocycles. The van der Waals surface area contributed by atoms with Crippen LogP contribution < -0.4 is 15.2 Å². The number of benzene rings is 2. The quantitative estimate of drug-likeness (QED) is 0.680. The van der Waals surface area contributed by atoms with E-state index < -0.39 is 12.1 Å². The van der Waals surface area contributed by atoms with Crippen LogP contribution in [0.1, 0.15) is 30.6 Å². The first-order chi connectivity index (χ1) is 12.4. The number of halogens is 2. The summed E-state index contributed by atoms with van der Waals surface area (Å²) in [6.07, 6.45) is 0.722. The van der Waals surface area contributed by atoms with Gasteiger partial charge >= 0.3 is 0 Å². The highest BCUT2D eigenvalue weighted by Gasteiger charge is 2.26. The Hall–Kier alpha value is -1.46. The molecule has 6 heteroatoms. The van der Waals surface area contributed by atoms with E-state index in [1.807, 2.05) is 18.2 Å². The molecule has 26 heavy (non-hydrogen) atoms. The zero-order valence-corrected chi connectivity index (χ0v) is 16.7. The van der Waals surface area contributed by atoms with Crippen molar-refractivity contribution in [1.29, 1.82) is 0 Å². The molecule has 3 atom stereocenters. The van der Waals surface area contributed by atoms with Crippen molar-refractivity contribution in [2.75, 3.05) is 14.2 Å². The molecule has 142 valence electrons. The van der Waals surface area contributed by atoms with Crippen molar-refractivity contribution in [3.05, 3.63) is 57.6 Å². The highest BCUT2D eigenvalue weighted by atomic mass is 35.5. The second-order valence-corrected chi connectivity index (χ2v) is 7.07. The first kappa shape index (κ1) is 20.8. The zero-order chi connectivity index (χ0) is 19.3. The summed E-state index contributed by atoms with van der Waals surface area (Å²) in [5.41, 5.74) is 8.12. The van der Waals surface area contributed by atoms with Gasteiger partial charge in [-0.15, -0.1) is 0 Å². The zero-order valence-electron chi connectivity index (χ0n) is 15.2. The monoisotopic (exact) mass is 397 g/mol. The lowest BCUT2D eigenvalue weighted by Gasteiger charge is -2.28. The third-order valence-corrected chi connectivity index (χ3v) is 5.40. The van der Waals surface area contributed by atoms with E-state index in [4.69, 9.17) is 38.4 Å². The molecular weight excluding hydrogens is 373 g/mol. The number of hydrogen-bond acceptors (Lipinski definition) is 4. The maximum atomic E-state index is 10.7. The highest BCUT2D eigenvalue weighted by molar-refractivity contribution is 6.42. The number of aliphatic hydroxyl groups excluding tert-OH is 1. The molecule has 0 saturated carbocycles. The summed E-state index contributed by atoms with van der Waals surface area (Å²) < 4.78 is 10.6. The lowest BCUT2D eigenvalue weighted by atomic mass is 9.85. The number of methoxy groups -OCH3 is 2. The van der Waals surface area contributed by atoms with E-state index >= 15 is 0 Å². The van der Waals surface area contributed by atoms with E-state index in [0.29, 0.717) is 27.1 Å². The fourth-order valence-corrected chi connectivity index (χ4v) is 3.35. The molecule has 0 saturated heterocycles. The van der Waals surface area contributed by atoms with Crippen LogP contribution in [0.2, 0.25) is 10.0 Å². The van der Waals surface area contributed by atoms with Gasteiger partial charge in [0.25, 0.3) is 0 Å². The van der Waals surface area contributed by atoms with Gasteiger partial charge in [0.2, 0.25) is 0 Å². The molecule has 0 aliphatic heterocycles. The molecule has 2 rings (SSSR count). The minimum atomic E-state index is -0.824. The molecule has 0 aromatic heterocycles. The largest absolute Gasteiger partial charge is 0.493 e. The van der Waals surface area contributed by atoms with Gasteiger partial charge in [0.15, 0.2) is 11.5 Å². The van der Waals surface area contributed by atoms with Crippen LogP contribution in [0.25, 0.3) is 0 Å². The number of rotatable bonds is 8. The van der Waals surface area contributed by atoms with E-state index in [-0.39, 0.29) is 5.92 Å². The van der Waals surface area contributed by atoms with Crippen molar-refractivity contribution in [1.82, 2.24) is 0 Å². The fraction of sp³-hybridized carbons (Fsp3) is 0.400. The van der Waals surface area contributed by atoms with Crippen LogP contribution in [0.5, 0.6) is 11.5 Å². The molecular formula is C20H25Cl2NO3. The van der Waals surface area contributed by atoms with Crippen molar-refractivity contribution in [2.24, 2.45) is 11.7 Å². The molecule has 4 nitrogen and oxygen atoms in total. The van der Waals surface area contributed by atoms with Crippen LogP contribution in [0.3, 0.4) is 0 Å². The van der Waals surface area contributed by atoms with Gasteiger partial charge in [-0.1, -0.05) is 48.7 Å². The van der Waals surface area contributed by atoms with E-state index in [9.17, 15) is 5.11 Å². The molecule has 0 fully saturated rings. The Balaban J connectivity index is 2.17. The summed E-state index contributed by atoms with van der Waals surface area (Å²) in [5, 5.41) is 11.6. The van der Waals surface area contributed by atoms with Crippen LogP contribution >= 0.6 is 23.2 Å². The third kappa shape index (κ3) is 4.83. The van der Waals surface area contributed by atoms with E-state index in [2.05, 4.69) is 6.92 Å². The maximum absolute atomic E-state index is 10.7. The van der Waals surface area contributed by atoms with Crippen LogP contribution in [-0.4, -0.2) is 25.4 Å². The van der Waals surface area contributed by atoms with Crippen LogP contribution in [0.4, 0.5) is 0 Å². The van der Waals surface area contributed by atoms with Gasteiger partial charge in [0.05, 0.1) is 30.4 Å². The molecule has 0 bridgehead atoms. The van der Waals surface area contributed by atoms with E-state index in [1.165, 1.54) is 0 Å². The van der Waals surface area contributed by atoms with Gasteiger partial charge < -0.3 is 20.3 Å². The van der Waals surface area contributed by atoms with Crippen LogP contribution in [-0.2, 0) is 6.42 Å². The van der Waals surface area contributed by atoms with Gasteiger partial charge in [0.1, 0.15) is 0 Å². The topological polar surface area (TPSA) is 64.7 Å². The Kier molecular flexibility index (Phi) is 7.59. The molecule has 0 heterocycles. The van der Waals surface area contributed by atoms with Crippen molar-refractivity contribution in [2.45, 2.75) is 31.9 Å². The average molecular weight is 398 g/mol. The Morgan fingerprint density at radius 1 is 1.00 bits per heavy atom.